The molecule has 0 unspecified atom stereocenters. The van der Waals surface area contributed by atoms with Crippen LogP contribution >= 0.6 is 0 Å². The summed E-state index contributed by atoms with van der Waals surface area (Å²) < 4.78 is 5.37. The van der Waals surface area contributed by atoms with Gasteiger partial charge >= 0.3 is 0 Å². The summed E-state index contributed by atoms with van der Waals surface area (Å²) in [5, 5.41) is 8.89. The highest BCUT2D eigenvalue weighted by molar-refractivity contribution is 5.50. The first kappa shape index (κ1) is 9.60. The largest absolute Gasteiger partial charge is 0.492 e. The minimum absolute atomic E-state index is 0.595. The van der Waals surface area contributed by atoms with Gasteiger partial charge in [0.15, 0.2) is 0 Å². The molecule has 0 amide bonds. The minimum atomic E-state index is 0.595. The molecule has 0 radical (unpaired) electrons. The van der Waals surface area contributed by atoms with Crippen LogP contribution in [0.4, 0.5) is 0 Å². The predicted molar refractivity (Wildman–Crippen MR) is 51.8 cm³/mol. The van der Waals surface area contributed by atoms with Crippen LogP contribution in [0.5, 0.6) is 5.75 Å². The van der Waals surface area contributed by atoms with Crippen molar-refractivity contribution in [1.29, 1.82) is 5.26 Å². The lowest BCUT2D eigenvalue weighted by atomic mass is 10.1. The van der Waals surface area contributed by atoms with Crippen LogP contribution in [-0.4, -0.2) is 6.61 Å². The second-order valence-corrected chi connectivity index (χ2v) is 3.00. The number of nitrogens with zero attached hydrogens (tertiary/aromatic N) is 1. The van der Waals surface area contributed by atoms with Gasteiger partial charge in [-0.1, -0.05) is 6.07 Å². The lowest BCUT2D eigenvalue weighted by Gasteiger charge is -2.08. The Hall–Kier alpha value is -1.49. The molecule has 0 saturated heterocycles. The quantitative estimate of drug-likeness (QED) is 0.692. The molecule has 68 valence electrons. The predicted octanol–water partition coefficient (Wildman–Crippen LogP) is 2.57. The molecule has 2 nitrogen and oxygen atoms in total. The van der Waals surface area contributed by atoms with Crippen molar-refractivity contribution in [1.82, 2.24) is 0 Å². The summed E-state index contributed by atoms with van der Waals surface area (Å²) in [6.45, 7) is 6.43. The molecule has 1 aromatic carbocycles. The van der Waals surface area contributed by atoms with E-state index in [1.165, 1.54) is 0 Å². The van der Waals surface area contributed by atoms with Gasteiger partial charge in [0.25, 0.3) is 0 Å². The van der Waals surface area contributed by atoms with Gasteiger partial charge < -0.3 is 4.74 Å². The maximum absolute atomic E-state index is 8.89. The van der Waals surface area contributed by atoms with Crippen molar-refractivity contribution in [3.63, 3.8) is 0 Å². The zero-order chi connectivity index (χ0) is 9.84. The number of benzene rings is 1. The average molecular weight is 175 g/mol. The molecule has 2 heteroatoms. The fourth-order valence-electron chi connectivity index (χ4n) is 1.34. The van der Waals surface area contributed by atoms with Gasteiger partial charge in [-0.05, 0) is 38.0 Å². The van der Waals surface area contributed by atoms with E-state index in [4.69, 9.17) is 10.00 Å². The van der Waals surface area contributed by atoms with E-state index in [-0.39, 0.29) is 0 Å². The highest BCUT2D eigenvalue weighted by Gasteiger charge is 2.06. The van der Waals surface area contributed by atoms with E-state index in [1.54, 1.807) is 0 Å². The number of rotatable bonds is 2. The first-order valence-corrected chi connectivity index (χ1v) is 4.33. The Bertz CT molecular complexity index is 350. The van der Waals surface area contributed by atoms with Crippen molar-refractivity contribution < 1.29 is 4.74 Å². The minimum Gasteiger partial charge on any atom is -0.492 e. The summed E-state index contributed by atoms with van der Waals surface area (Å²) in [5.74, 6) is 0.697. The van der Waals surface area contributed by atoms with Gasteiger partial charge in [-0.25, -0.2) is 0 Å². The van der Waals surface area contributed by atoms with Crippen molar-refractivity contribution in [3.8, 4) is 11.8 Å². The molecule has 0 aliphatic carbocycles. The topological polar surface area (TPSA) is 33.0 Å². The van der Waals surface area contributed by atoms with Crippen molar-refractivity contribution in [3.05, 3.63) is 28.8 Å². The van der Waals surface area contributed by atoms with Crippen LogP contribution in [0.15, 0.2) is 12.1 Å². The number of aryl methyl sites for hydroxylation is 2. The zero-order valence-electron chi connectivity index (χ0n) is 8.22. The van der Waals surface area contributed by atoms with E-state index in [2.05, 4.69) is 6.07 Å². The molecule has 1 aromatic rings. The Morgan fingerprint density at radius 3 is 2.62 bits per heavy atom. The molecule has 0 heterocycles. The van der Waals surface area contributed by atoms with E-state index >= 15 is 0 Å². The van der Waals surface area contributed by atoms with Gasteiger partial charge in [-0.3, -0.25) is 0 Å². The summed E-state index contributed by atoms with van der Waals surface area (Å²) in [6.07, 6.45) is 0. The van der Waals surface area contributed by atoms with E-state index < -0.39 is 0 Å². The Morgan fingerprint density at radius 2 is 2.08 bits per heavy atom. The molecule has 13 heavy (non-hydrogen) atoms. The number of nitriles is 1. The summed E-state index contributed by atoms with van der Waals surface area (Å²) in [5.41, 5.74) is 2.75. The molecule has 0 atom stereocenters. The number of hydrogen-bond acceptors (Lipinski definition) is 2. The van der Waals surface area contributed by atoms with Crippen LogP contribution < -0.4 is 4.74 Å². The van der Waals surface area contributed by atoms with Crippen LogP contribution in [-0.2, 0) is 0 Å². The highest BCUT2D eigenvalue weighted by Crippen LogP contribution is 2.23. The van der Waals surface area contributed by atoms with Crippen molar-refractivity contribution in [2.45, 2.75) is 20.8 Å². The molecule has 1 rings (SSSR count). The molecular formula is C11H13NO. The number of ether oxygens (including phenoxy) is 1. The lowest BCUT2D eigenvalue weighted by molar-refractivity contribution is 0.339. The summed E-state index contributed by atoms with van der Waals surface area (Å²) in [6, 6.07) is 6.04. The van der Waals surface area contributed by atoms with Crippen molar-refractivity contribution >= 4 is 0 Å². The highest BCUT2D eigenvalue weighted by atomic mass is 16.5. The van der Waals surface area contributed by atoms with E-state index in [9.17, 15) is 0 Å². The molecule has 0 N–H and O–H groups in total. The summed E-state index contributed by atoms with van der Waals surface area (Å²) in [7, 11) is 0. The van der Waals surface area contributed by atoms with Gasteiger partial charge in [0.1, 0.15) is 11.8 Å². The Labute approximate surface area is 78.8 Å². The molecule has 0 fully saturated rings. The number of hydrogen-bond donors (Lipinski definition) is 0. The van der Waals surface area contributed by atoms with Crippen LogP contribution in [0.3, 0.4) is 0 Å². The first-order chi connectivity index (χ1) is 6.19. The molecule has 0 spiro atoms. The van der Waals surface area contributed by atoms with Gasteiger partial charge in [0, 0.05) is 0 Å². The smallest absolute Gasteiger partial charge is 0.137 e. The Kier molecular flexibility index (Phi) is 2.92. The van der Waals surface area contributed by atoms with Crippen LogP contribution in [0.25, 0.3) is 0 Å². The van der Waals surface area contributed by atoms with E-state index in [0.29, 0.717) is 17.9 Å². The van der Waals surface area contributed by atoms with E-state index in [1.807, 2.05) is 32.9 Å². The van der Waals surface area contributed by atoms with Crippen molar-refractivity contribution in [2.24, 2.45) is 0 Å². The maximum atomic E-state index is 8.89. The van der Waals surface area contributed by atoms with Crippen LogP contribution in [0, 0.1) is 25.2 Å². The average Bonchev–Trinajstić information content (AvgIpc) is 2.04. The van der Waals surface area contributed by atoms with E-state index in [0.717, 1.165) is 11.1 Å². The SMILES string of the molecule is CCOc1cc(C)cc(C)c1C#N. The third-order valence-electron chi connectivity index (χ3n) is 1.86. The first-order valence-electron chi connectivity index (χ1n) is 4.33. The van der Waals surface area contributed by atoms with Crippen LogP contribution in [0.1, 0.15) is 23.6 Å². The fourth-order valence-corrected chi connectivity index (χ4v) is 1.34. The Morgan fingerprint density at radius 1 is 1.38 bits per heavy atom. The summed E-state index contributed by atoms with van der Waals surface area (Å²) in [4.78, 5) is 0. The fraction of sp³-hybridized carbons (Fsp3) is 0.364. The van der Waals surface area contributed by atoms with Crippen molar-refractivity contribution in [2.75, 3.05) is 6.61 Å². The summed E-state index contributed by atoms with van der Waals surface area (Å²) >= 11 is 0. The Balaban J connectivity index is 3.23. The third kappa shape index (κ3) is 2.00. The van der Waals surface area contributed by atoms with Gasteiger partial charge in [0.05, 0.1) is 12.2 Å². The normalized spacial score (nSPS) is 9.38. The monoisotopic (exact) mass is 175 g/mol. The molecule has 0 aliphatic rings. The van der Waals surface area contributed by atoms with Gasteiger partial charge in [-0.15, -0.1) is 0 Å². The maximum Gasteiger partial charge on any atom is 0.137 e. The molecular weight excluding hydrogens is 162 g/mol. The standard InChI is InChI=1S/C11H13NO/c1-4-13-11-6-8(2)5-9(3)10(11)7-12/h5-6H,4H2,1-3H3. The zero-order valence-corrected chi connectivity index (χ0v) is 8.22. The molecule has 0 bridgehead atoms. The van der Waals surface area contributed by atoms with Gasteiger partial charge in [0.2, 0.25) is 0 Å². The molecule has 0 aliphatic heterocycles. The van der Waals surface area contributed by atoms with Crippen LogP contribution in [0.2, 0.25) is 0 Å². The second kappa shape index (κ2) is 3.95. The lowest BCUT2D eigenvalue weighted by Crippen LogP contribution is -1.96. The third-order valence-corrected chi connectivity index (χ3v) is 1.86. The second-order valence-electron chi connectivity index (χ2n) is 3.00. The molecule has 0 aromatic heterocycles. The van der Waals surface area contributed by atoms with Gasteiger partial charge in [-0.2, -0.15) is 5.26 Å². The molecule has 0 saturated carbocycles.